The predicted octanol–water partition coefficient (Wildman–Crippen LogP) is 0.893. The van der Waals surface area contributed by atoms with Gasteiger partial charge in [0.1, 0.15) is 11.6 Å². The molecule has 0 bridgehead atoms. The van der Waals surface area contributed by atoms with Gasteiger partial charge in [-0.25, -0.2) is 4.98 Å². The molecule has 1 heterocycles. The zero-order valence-corrected chi connectivity index (χ0v) is 7.88. The normalized spacial score (nSPS) is 10.9. The van der Waals surface area contributed by atoms with Crippen molar-refractivity contribution in [3.8, 4) is 11.9 Å². The molecule has 0 saturated heterocycles. The Balaban J connectivity index is 3.25. The van der Waals surface area contributed by atoms with E-state index in [-0.39, 0.29) is 17.9 Å². The highest BCUT2D eigenvalue weighted by atomic mass is 19.4. The second-order valence-corrected chi connectivity index (χ2v) is 2.75. The molecule has 5 nitrogen and oxygen atoms in total. The van der Waals surface area contributed by atoms with E-state index in [1.165, 1.54) is 12.1 Å². The van der Waals surface area contributed by atoms with Crippen LogP contribution in [0.2, 0.25) is 0 Å². The molecule has 0 aromatic carbocycles. The van der Waals surface area contributed by atoms with Gasteiger partial charge in [-0.05, 0) is 6.07 Å². The first-order chi connectivity index (χ1) is 7.37. The van der Waals surface area contributed by atoms with E-state index in [0.29, 0.717) is 0 Å². The van der Waals surface area contributed by atoms with Gasteiger partial charge in [0.05, 0.1) is 11.4 Å². The summed E-state index contributed by atoms with van der Waals surface area (Å²) >= 11 is 0. The van der Waals surface area contributed by atoms with Crippen LogP contribution in [0.4, 0.5) is 18.9 Å². The first-order valence-electron chi connectivity index (χ1n) is 4.02. The first kappa shape index (κ1) is 12.1. The molecule has 0 unspecified atom stereocenters. The Morgan fingerprint density at radius 1 is 1.50 bits per heavy atom. The van der Waals surface area contributed by atoms with E-state index in [1.807, 2.05) is 0 Å². The molecular weight excluding hydrogens is 225 g/mol. The molecule has 8 heteroatoms. The molecule has 0 saturated carbocycles. The average molecular weight is 232 g/mol. The van der Waals surface area contributed by atoms with Crippen LogP contribution in [-0.2, 0) is 6.54 Å². The van der Waals surface area contributed by atoms with Gasteiger partial charge in [0.15, 0.2) is 0 Å². The van der Waals surface area contributed by atoms with Gasteiger partial charge in [-0.1, -0.05) is 0 Å². The first-order valence-corrected chi connectivity index (χ1v) is 4.02. The maximum absolute atomic E-state index is 12.0. The number of hydrogen-bond donors (Lipinski definition) is 2. The van der Waals surface area contributed by atoms with Crippen LogP contribution < -0.4 is 16.2 Å². The van der Waals surface area contributed by atoms with Crippen molar-refractivity contribution in [2.24, 2.45) is 5.73 Å². The fourth-order valence-electron chi connectivity index (χ4n) is 0.994. The molecule has 0 radical (unpaired) electrons. The SMILES string of the molecule is N#Cc1c(N)cc(CN)nc1OC(F)(F)F. The summed E-state index contributed by atoms with van der Waals surface area (Å²) in [6.45, 7) is -0.107. The predicted molar refractivity (Wildman–Crippen MR) is 47.9 cm³/mol. The molecular formula is C8H7F3N4O. The summed E-state index contributed by atoms with van der Waals surface area (Å²) in [5, 5.41) is 8.61. The van der Waals surface area contributed by atoms with E-state index in [2.05, 4.69) is 9.72 Å². The number of aromatic nitrogens is 1. The van der Waals surface area contributed by atoms with Crippen molar-refractivity contribution >= 4 is 5.69 Å². The lowest BCUT2D eigenvalue weighted by Gasteiger charge is -2.11. The summed E-state index contributed by atoms with van der Waals surface area (Å²) in [6.07, 6.45) is -4.93. The van der Waals surface area contributed by atoms with Gasteiger partial charge < -0.3 is 16.2 Å². The standard InChI is InChI=1S/C8H7F3N4O/c9-8(10,11)16-7-5(3-13)6(14)1-4(2-12)15-7/h1H,2,12H2,(H2,14,15). The van der Waals surface area contributed by atoms with Gasteiger partial charge in [0.25, 0.3) is 0 Å². The number of halogens is 3. The summed E-state index contributed by atoms with van der Waals surface area (Å²) in [6, 6.07) is 2.71. The van der Waals surface area contributed by atoms with Gasteiger partial charge in [-0.2, -0.15) is 5.26 Å². The highest BCUT2D eigenvalue weighted by Crippen LogP contribution is 2.27. The van der Waals surface area contributed by atoms with Crippen LogP contribution >= 0.6 is 0 Å². The van der Waals surface area contributed by atoms with E-state index < -0.39 is 17.8 Å². The Morgan fingerprint density at radius 2 is 2.12 bits per heavy atom. The molecule has 0 aliphatic rings. The second-order valence-electron chi connectivity index (χ2n) is 2.75. The Bertz CT molecular complexity index is 438. The number of rotatable bonds is 2. The third-order valence-corrected chi connectivity index (χ3v) is 1.60. The monoisotopic (exact) mass is 232 g/mol. The largest absolute Gasteiger partial charge is 0.574 e. The van der Waals surface area contributed by atoms with E-state index in [4.69, 9.17) is 16.7 Å². The smallest absolute Gasteiger partial charge is 0.397 e. The van der Waals surface area contributed by atoms with Gasteiger partial charge in [0.2, 0.25) is 5.88 Å². The minimum atomic E-state index is -4.93. The Hall–Kier alpha value is -2.01. The number of pyridine rings is 1. The quantitative estimate of drug-likeness (QED) is 0.789. The molecule has 0 amide bonds. The number of alkyl halides is 3. The summed E-state index contributed by atoms with van der Waals surface area (Å²) in [7, 11) is 0. The van der Waals surface area contributed by atoms with Gasteiger partial charge >= 0.3 is 6.36 Å². The van der Waals surface area contributed by atoms with Gasteiger partial charge in [-0.15, -0.1) is 13.2 Å². The highest BCUT2D eigenvalue weighted by molar-refractivity contribution is 5.59. The van der Waals surface area contributed by atoms with Crippen LogP contribution in [0, 0.1) is 11.3 Å². The van der Waals surface area contributed by atoms with E-state index in [1.54, 1.807) is 0 Å². The third kappa shape index (κ3) is 2.74. The van der Waals surface area contributed by atoms with E-state index in [9.17, 15) is 13.2 Å². The number of ether oxygens (including phenoxy) is 1. The molecule has 0 aliphatic heterocycles. The zero-order valence-electron chi connectivity index (χ0n) is 7.88. The summed E-state index contributed by atoms with van der Waals surface area (Å²) < 4.78 is 39.5. The molecule has 1 aromatic rings. The van der Waals surface area contributed by atoms with E-state index in [0.717, 1.165) is 0 Å². The van der Waals surface area contributed by atoms with E-state index >= 15 is 0 Å². The van der Waals surface area contributed by atoms with Crippen molar-refractivity contribution in [3.63, 3.8) is 0 Å². The number of hydrogen-bond acceptors (Lipinski definition) is 5. The summed E-state index contributed by atoms with van der Waals surface area (Å²) in [5.74, 6) is -0.879. The molecule has 0 spiro atoms. The van der Waals surface area contributed by atoms with Crippen molar-refractivity contribution in [1.29, 1.82) is 5.26 Å². The lowest BCUT2D eigenvalue weighted by atomic mass is 10.2. The number of nitrogens with zero attached hydrogens (tertiary/aromatic N) is 2. The summed E-state index contributed by atoms with van der Waals surface area (Å²) in [5.41, 5.74) is 10.1. The lowest BCUT2D eigenvalue weighted by molar-refractivity contribution is -0.276. The molecule has 0 fully saturated rings. The molecule has 86 valence electrons. The van der Waals surface area contributed by atoms with Crippen LogP contribution in [0.15, 0.2) is 6.07 Å². The minimum absolute atomic E-state index is 0.107. The molecule has 0 aliphatic carbocycles. The molecule has 4 N–H and O–H groups in total. The third-order valence-electron chi connectivity index (χ3n) is 1.60. The number of nitrogen functional groups attached to an aromatic ring is 1. The van der Waals surface area contributed by atoms with Crippen molar-refractivity contribution in [1.82, 2.24) is 4.98 Å². The molecule has 16 heavy (non-hydrogen) atoms. The van der Waals surface area contributed by atoms with Crippen LogP contribution in [0.5, 0.6) is 5.88 Å². The zero-order chi connectivity index (χ0) is 12.3. The minimum Gasteiger partial charge on any atom is -0.397 e. The Morgan fingerprint density at radius 3 is 2.56 bits per heavy atom. The number of nitrogens with two attached hydrogens (primary N) is 2. The van der Waals surface area contributed by atoms with Gasteiger partial charge in [-0.3, -0.25) is 0 Å². The maximum atomic E-state index is 12.0. The van der Waals surface area contributed by atoms with Crippen molar-refractivity contribution in [3.05, 3.63) is 17.3 Å². The molecule has 1 aromatic heterocycles. The topological polar surface area (TPSA) is 98.0 Å². The second kappa shape index (κ2) is 4.24. The lowest BCUT2D eigenvalue weighted by Crippen LogP contribution is -2.20. The average Bonchev–Trinajstić information content (AvgIpc) is 2.14. The summed E-state index contributed by atoms with van der Waals surface area (Å²) in [4.78, 5) is 3.44. The van der Waals surface area contributed by atoms with Gasteiger partial charge in [0, 0.05) is 6.54 Å². The van der Waals surface area contributed by atoms with Crippen molar-refractivity contribution in [2.45, 2.75) is 12.9 Å². The molecule has 1 rings (SSSR count). The Kier molecular flexibility index (Phi) is 3.20. The number of anilines is 1. The number of nitriles is 1. The molecule has 0 atom stereocenters. The highest BCUT2D eigenvalue weighted by Gasteiger charge is 2.33. The fourth-order valence-corrected chi connectivity index (χ4v) is 0.994. The van der Waals surface area contributed by atoms with Crippen LogP contribution in [0.3, 0.4) is 0 Å². The maximum Gasteiger partial charge on any atom is 0.574 e. The fraction of sp³-hybridized carbons (Fsp3) is 0.250. The van der Waals surface area contributed by atoms with Crippen LogP contribution in [0.1, 0.15) is 11.3 Å². The van der Waals surface area contributed by atoms with Crippen molar-refractivity contribution < 1.29 is 17.9 Å². The van der Waals surface area contributed by atoms with Crippen molar-refractivity contribution in [2.75, 3.05) is 5.73 Å². The Labute approximate surface area is 88.4 Å². The van der Waals surface area contributed by atoms with Crippen LogP contribution in [0.25, 0.3) is 0 Å². The van der Waals surface area contributed by atoms with Crippen LogP contribution in [-0.4, -0.2) is 11.3 Å².